The van der Waals surface area contributed by atoms with E-state index in [0.29, 0.717) is 45.0 Å². The van der Waals surface area contributed by atoms with E-state index in [1.165, 1.54) is 19.1 Å². The molecule has 9 nitrogen and oxygen atoms in total. The average molecular weight is 427 g/mol. The number of nitrogens with zero attached hydrogens (tertiary/aromatic N) is 2. The number of carbonyl (C=O) groups excluding carboxylic acids is 1. The van der Waals surface area contributed by atoms with Crippen molar-refractivity contribution in [2.24, 2.45) is 0 Å². The van der Waals surface area contributed by atoms with Crippen molar-refractivity contribution in [1.29, 1.82) is 0 Å². The largest absolute Gasteiger partial charge is 0.478 e. The van der Waals surface area contributed by atoms with Gasteiger partial charge >= 0.3 is 5.97 Å². The van der Waals surface area contributed by atoms with Crippen molar-refractivity contribution in [3.8, 4) is 0 Å². The van der Waals surface area contributed by atoms with Crippen molar-refractivity contribution in [1.82, 2.24) is 10.2 Å². The number of piperazine rings is 1. The Kier molecular flexibility index (Phi) is 8.27. The van der Waals surface area contributed by atoms with Crippen LogP contribution < -0.4 is 14.9 Å². The number of carboxylic acids is 1. The third-order valence-corrected chi connectivity index (χ3v) is 6.11. The third kappa shape index (κ3) is 6.90. The van der Waals surface area contributed by atoms with Crippen LogP contribution in [-0.2, 0) is 14.8 Å². The second-order valence-electron chi connectivity index (χ2n) is 7.01. The lowest BCUT2D eigenvalue weighted by atomic mass is 10.1. The Balaban J connectivity index is 2.05. The highest BCUT2D eigenvalue weighted by Gasteiger charge is 2.23. The number of aromatic carboxylic acids is 1. The van der Waals surface area contributed by atoms with Gasteiger partial charge in [0.1, 0.15) is 0 Å². The summed E-state index contributed by atoms with van der Waals surface area (Å²) in [4.78, 5) is 27.3. The maximum absolute atomic E-state index is 12.0. The van der Waals surface area contributed by atoms with Gasteiger partial charge < -0.3 is 15.3 Å². The zero-order valence-corrected chi connectivity index (χ0v) is 17.8. The molecule has 0 spiro atoms. The van der Waals surface area contributed by atoms with E-state index < -0.39 is 16.0 Å². The van der Waals surface area contributed by atoms with Gasteiger partial charge in [0.15, 0.2) is 0 Å². The number of unbranched alkanes of at least 4 members (excludes halogenated alkanes) is 1. The Morgan fingerprint density at radius 1 is 1.14 bits per heavy atom. The summed E-state index contributed by atoms with van der Waals surface area (Å²) < 4.78 is 26.6. The van der Waals surface area contributed by atoms with Gasteiger partial charge in [0.2, 0.25) is 15.9 Å². The molecule has 3 N–H and O–H groups in total. The molecule has 0 unspecified atom stereocenters. The van der Waals surface area contributed by atoms with Crippen molar-refractivity contribution in [3.05, 3.63) is 23.8 Å². The predicted molar refractivity (Wildman–Crippen MR) is 113 cm³/mol. The van der Waals surface area contributed by atoms with E-state index >= 15 is 0 Å². The standard InChI is InChI=1S/C19H30N4O5S/c1-3-5-8-20-18(24)14-22-9-11-23(12-10-22)17-7-6-15(19(25)26)13-16(17)21-29(27,28)4-2/h6-7,13,21H,3-5,8-12,14H2,1-2H3,(H,20,24)(H,25,26). The number of benzene rings is 1. The van der Waals surface area contributed by atoms with E-state index in [-0.39, 0.29) is 22.9 Å². The van der Waals surface area contributed by atoms with E-state index in [1.54, 1.807) is 6.07 Å². The first-order chi connectivity index (χ1) is 13.8. The summed E-state index contributed by atoms with van der Waals surface area (Å²) in [7, 11) is -3.55. The summed E-state index contributed by atoms with van der Waals surface area (Å²) in [6, 6.07) is 4.44. The molecule has 1 amide bonds. The lowest BCUT2D eigenvalue weighted by Crippen LogP contribution is -2.49. The van der Waals surface area contributed by atoms with Crippen LogP contribution in [-0.4, -0.2) is 75.3 Å². The summed E-state index contributed by atoms with van der Waals surface area (Å²) in [5.41, 5.74) is 0.918. The van der Waals surface area contributed by atoms with Crippen molar-refractivity contribution < 1.29 is 23.1 Å². The minimum Gasteiger partial charge on any atom is -0.478 e. The fraction of sp³-hybridized carbons (Fsp3) is 0.579. The van der Waals surface area contributed by atoms with Gasteiger partial charge in [-0.1, -0.05) is 13.3 Å². The zero-order valence-electron chi connectivity index (χ0n) is 17.0. The van der Waals surface area contributed by atoms with Gasteiger partial charge in [0, 0.05) is 32.7 Å². The monoisotopic (exact) mass is 426 g/mol. The van der Waals surface area contributed by atoms with Gasteiger partial charge in [-0.3, -0.25) is 14.4 Å². The maximum Gasteiger partial charge on any atom is 0.335 e. The lowest BCUT2D eigenvalue weighted by molar-refractivity contribution is -0.122. The molecule has 0 saturated carbocycles. The van der Waals surface area contributed by atoms with Gasteiger partial charge in [-0.25, -0.2) is 13.2 Å². The molecule has 1 aliphatic heterocycles. The number of hydrogen-bond acceptors (Lipinski definition) is 6. The molecular weight excluding hydrogens is 396 g/mol. The Morgan fingerprint density at radius 3 is 2.41 bits per heavy atom. The fourth-order valence-electron chi connectivity index (χ4n) is 3.08. The lowest BCUT2D eigenvalue weighted by Gasteiger charge is -2.36. The first kappa shape index (κ1) is 23.0. The topological polar surface area (TPSA) is 119 Å². The van der Waals surface area contributed by atoms with Crippen LogP contribution in [0.1, 0.15) is 37.0 Å². The number of nitrogens with one attached hydrogen (secondary N) is 2. The fourth-order valence-corrected chi connectivity index (χ4v) is 3.72. The molecule has 162 valence electrons. The van der Waals surface area contributed by atoms with Crippen LogP contribution in [0.5, 0.6) is 0 Å². The summed E-state index contributed by atoms with van der Waals surface area (Å²) in [5.74, 6) is -1.22. The number of sulfonamides is 1. The van der Waals surface area contributed by atoms with Crippen molar-refractivity contribution >= 4 is 33.3 Å². The Bertz CT molecular complexity index is 820. The van der Waals surface area contributed by atoms with Crippen LogP contribution in [0.25, 0.3) is 0 Å². The molecule has 0 bridgehead atoms. The Labute approximate surface area is 172 Å². The van der Waals surface area contributed by atoms with E-state index in [4.69, 9.17) is 0 Å². The molecule has 1 fully saturated rings. The second-order valence-corrected chi connectivity index (χ2v) is 9.02. The highest BCUT2D eigenvalue weighted by atomic mass is 32.2. The minimum absolute atomic E-state index is 0.00843. The van der Waals surface area contributed by atoms with Gasteiger partial charge in [-0.15, -0.1) is 0 Å². The van der Waals surface area contributed by atoms with Crippen LogP contribution in [0.2, 0.25) is 0 Å². The van der Waals surface area contributed by atoms with Crippen LogP contribution in [0, 0.1) is 0 Å². The molecule has 0 aliphatic carbocycles. The van der Waals surface area contributed by atoms with Gasteiger partial charge in [0.05, 0.1) is 29.2 Å². The summed E-state index contributed by atoms with van der Waals surface area (Å²) >= 11 is 0. The number of amides is 1. The molecule has 1 aliphatic rings. The van der Waals surface area contributed by atoms with E-state index in [1.807, 2.05) is 4.90 Å². The molecule has 1 aromatic carbocycles. The molecule has 1 aromatic rings. The van der Waals surface area contributed by atoms with E-state index in [2.05, 4.69) is 21.9 Å². The quantitative estimate of drug-likeness (QED) is 0.481. The SMILES string of the molecule is CCCCNC(=O)CN1CCN(c2ccc(C(=O)O)cc2NS(=O)(=O)CC)CC1. The van der Waals surface area contributed by atoms with Crippen LogP contribution in [0.4, 0.5) is 11.4 Å². The number of rotatable bonds is 10. The number of carboxylic acid groups (broad SMARTS) is 1. The number of carbonyl (C=O) groups is 2. The van der Waals surface area contributed by atoms with E-state index in [9.17, 15) is 23.1 Å². The molecule has 2 rings (SSSR count). The van der Waals surface area contributed by atoms with Crippen molar-refractivity contribution in [3.63, 3.8) is 0 Å². The van der Waals surface area contributed by atoms with Crippen molar-refractivity contribution in [2.75, 3.05) is 54.6 Å². The summed E-state index contributed by atoms with van der Waals surface area (Å²) in [6.07, 6.45) is 1.99. The summed E-state index contributed by atoms with van der Waals surface area (Å²) in [5, 5.41) is 12.1. The average Bonchev–Trinajstić information content (AvgIpc) is 2.68. The third-order valence-electron chi connectivity index (χ3n) is 4.82. The number of hydrogen-bond donors (Lipinski definition) is 3. The highest BCUT2D eigenvalue weighted by molar-refractivity contribution is 7.92. The maximum atomic E-state index is 12.0. The molecule has 10 heteroatoms. The molecule has 1 saturated heterocycles. The van der Waals surface area contributed by atoms with Gasteiger partial charge in [-0.05, 0) is 31.5 Å². The van der Waals surface area contributed by atoms with Crippen LogP contribution in [0.15, 0.2) is 18.2 Å². The Morgan fingerprint density at radius 2 is 1.83 bits per heavy atom. The van der Waals surface area contributed by atoms with Gasteiger partial charge in [-0.2, -0.15) is 0 Å². The van der Waals surface area contributed by atoms with Crippen molar-refractivity contribution in [2.45, 2.75) is 26.7 Å². The second kappa shape index (κ2) is 10.4. The minimum atomic E-state index is -3.55. The van der Waals surface area contributed by atoms with Crippen LogP contribution in [0.3, 0.4) is 0 Å². The molecule has 0 aromatic heterocycles. The molecule has 0 atom stereocenters. The highest BCUT2D eigenvalue weighted by Crippen LogP contribution is 2.29. The van der Waals surface area contributed by atoms with Crippen LogP contribution >= 0.6 is 0 Å². The molecule has 1 heterocycles. The smallest absolute Gasteiger partial charge is 0.335 e. The number of anilines is 2. The first-order valence-electron chi connectivity index (χ1n) is 9.87. The first-order valence-corrected chi connectivity index (χ1v) is 11.5. The zero-order chi connectivity index (χ0) is 21.4. The normalized spacial score (nSPS) is 15.2. The Hall–Kier alpha value is -2.33. The predicted octanol–water partition coefficient (Wildman–Crippen LogP) is 1.18. The molecule has 0 radical (unpaired) electrons. The molecular formula is C19H30N4O5S. The van der Waals surface area contributed by atoms with E-state index in [0.717, 1.165) is 12.8 Å². The molecule has 29 heavy (non-hydrogen) atoms. The van der Waals surface area contributed by atoms with Gasteiger partial charge in [0.25, 0.3) is 0 Å². The summed E-state index contributed by atoms with van der Waals surface area (Å²) in [6.45, 7) is 7.14.